The van der Waals surface area contributed by atoms with Crippen LogP contribution >= 0.6 is 12.4 Å². The van der Waals surface area contributed by atoms with Gasteiger partial charge in [-0.15, -0.1) is 12.4 Å². The van der Waals surface area contributed by atoms with Crippen LogP contribution in [0, 0.1) is 0 Å². The van der Waals surface area contributed by atoms with Crippen molar-refractivity contribution in [1.82, 2.24) is 20.8 Å². The number of carbonyl (C=O) groups is 2. The standard InChI is InChI=1S/C15H24N4O3.ClH/c1-22-13(20)6-4-2-3-5-8-17-15(21)14-11-10-16-9-7-12(11)18-19-14;/h16H,2-10H2,1H3,(H,17,21)(H,18,19);1H. The minimum atomic E-state index is -0.162. The van der Waals surface area contributed by atoms with Crippen molar-refractivity contribution in [2.24, 2.45) is 0 Å². The van der Waals surface area contributed by atoms with Gasteiger partial charge < -0.3 is 15.4 Å². The molecule has 0 spiro atoms. The van der Waals surface area contributed by atoms with Crippen molar-refractivity contribution < 1.29 is 14.3 Å². The molecule has 0 aliphatic carbocycles. The molecule has 2 rings (SSSR count). The van der Waals surface area contributed by atoms with E-state index in [1.54, 1.807) is 0 Å². The Labute approximate surface area is 142 Å². The molecule has 0 radical (unpaired) electrons. The lowest BCUT2D eigenvalue weighted by atomic mass is 10.1. The number of amides is 1. The number of rotatable bonds is 8. The number of nitrogens with zero attached hydrogens (tertiary/aromatic N) is 1. The number of H-pyrrole nitrogens is 1. The van der Waals surface area contributed by atoms with Gasteiger partial charge in [0.05, 0.1) is 7.11 Å². The van der Waals surface area contributed by atoms with Gasteiger partial charge in [-0.2, -0.15) is 5.10 Å². The average Bonchev–Trinajstić information content (AvgIpc) is 2.97. The van der Waals surface area contributed by atoms with E-state index in [1.807, 2.05) is 0 Å². The average molecular weight is 345 g/mol. The number of esters is 1. The second-order valence-electron chi connectivity index (χ2n) is 5.45. The number of aromatic nitrogens is 2. The number of aromatic amines is 1. The summed E-state index contributed by atoms with van der Waals surface area (Å²) < 4.78 is 4.59. The van der Waals surface area contributed by atoms with Crippen molar-refractivity contribution in [2.45, 2.75) is 45.1 Å². The van der Waals surface area contributed by atoms with E-state index in [-0.39, 0.29) is 24.3 Å². The van der Waals surface area contributed by atoms with Gasteiger partial charge in [0.2, 0.25) is 0 Å². The summed E-state index contributed by atoms with van der Waals surface area (Å²) in [5.74, 6) is -0.277. The third-order valence-corrected chi connectivity index (χ3v) is 3.84. The molecule has 0 saturated carbocycles. The van der Waals surface area contributed by atoms with Gasteiger partial charge >= 0.3 is 5.97 Å². The Balaban J connectivity index is 0.00000264. The number of nitrogens with one attached hydrogen (secondary N) is 3. The van der Waals surface area contributed by atoms with Crippen LogP contribution in [0.4, 0.5) is 0 Å². The van der Waals surface area contributed by atoms with Crippen LogP contribution < -0.4 is 10.6 Å². The van der Waals surface area contributed by atoms with Gasteiger partial charge in [0, 0.05) is 43.7 Å². The summed E-state index contributed by atoms with van der Waals surface area (Å²) in [6.45, 7) is 2.25. The van der Waals surface area contributed by atoms with Crippen LogP contribution in [0.5, 0.6) is 0 Å². The lowest BCUT2D eigenvalue weighted by molar-refractivity contribution is -0.140. The topological polar surface area (TPSA) is 96.1 Å². The number of unbranched alkanes of at least 4 members (excludes halogenated alkanes) is 3. The summed E-state index contributed by atoms with van der Waals surface area (Å²) in [6.07, 6.45) is 5.03. The van der Waals surface area contributed by atoms with Crippen molar-refractivity contribution in [1.29, 1.82) is 0 Å². The van der Waals surface area contributed by atoms with Crippen LogP contribution in [0.15, 0.2) is 0 Å². The quantitative estimate of drug-likeness (QED) is 0.488. The molecule has 1 amide bonds. The highest BCUT2D eigenvalue weighted by Gasteiger charge is 2.20. The summed E-state index contributed by atoms with van der Waals surface area (Å²) in [4.78, 5) is 23.1. The zero-order chi connectivity index (χ0) is 15.8. The van der Waals surface area contributed by atoms with Crippen molar-refractivity contribution >= 4 is 24.3 Å². The van der Waals surface area contributed by atoms with Gasteiger partial charge in [-0.25, -0.2) is 0 Å². The Morgan fingerprint density at radius 3 is 2.83 bits per heavy atom. The first-order valence-corrected chi connectivity index (χ1v) is 7.84. The third kappa shape index (κ3) is 5.84. The normalized spacial score (nSPS) is 12.9. The molecule has 0 atom stereocenters. The smallest absolute Gasteiger partial charge is 0.305 e. The first-order chi connectivity index (χ1) is 10.7. The van der Waals surface area contributed by atoms with Crippen LogP contribution in [0.1, 0.15) is 53.8 Å². The summed E-state index contributed by atoms with van der Waals surface area (Å²) in [5.41, 5.74) is 2.56. The first-order valence-electron chi connectivity index (χ1n) is 7.84. The molecule has 7 nitrogen and oxygen atoms in total. The third-order valence-electron chi connectivity index (χ3n) is 3.84. The fourth-order valence-corrected chi connectivity index (χ4v) is 2.55. The highest BCUT2D eigenvalue weighted by atomic mass is 35.5. The number of hydrogen-bond donors (Lipinski definition) is 3. The van der Waals surface area contributed by atoms with Crippen LogP contribution in [0.2, 0.25) is 0 Å². The van der Waals surface area contributed by atoms with E-state index in [0.29, 0.717) is 25.2 Å². The molecule has 1 aliphatic heterocycles. The van der Waals surface area contributed by atoms with Gasteiger partial charge in [0.15, 0.2) is 5.69 Å². The molecule has 0 saturated heterocycles. The lowest BCUT2D eigenvalue weighted by Gasteiger charge is -2.12. The Bertz CT molecular complexity index is 519. The molecule has 0 aromatic carbocycles. The van der Waals surface area contributed by atoms with Gasteiger partial charge in [-0.3, -0.25) is 14.7 Å². The summed E-state index contributed by atoms with van der Waals surface area (Å²) in [6, 6.07) is 0. The minimum Gasteiger partial charge on any atom is -0.469 e. The van der Waals surface area contributed by atoms with E-state index in [1.165, 1.54) is 7.11 Å². The van der Waals surface area contributed by atoms with E-state index < -0.39 is 0 Å². The predicted octanol–water partition coefficient (Wildman–Crippen LogP) is 1.33. The molecule has 8 heteroatoms. The van der Waals surface area contributed by atoms with Crippen molar-refractivity contribution in [3.8, 4) is 0 Å². The Kier molecular flexibility index (Phi) is 8.65. The molecular weight excluding hydrogens is 320 g/mol. The van der Waals surface area contributed by atoms with Crippen molar-refractivity contribution in [2.75, 3.05) is 20.2 Å². The molecule has 130 valence electrons. The van der Waals surface area contributed by atoms with Crippen molar-refractivity contribution in [3.63, 3.8) is 0 Å². The van der Waals surface area contributed by atoms with Crippen molar-refractivity contribution in [3.05, 3.63) is 17.0 Å². The van der Waals surface area contributed by atoms with Gasteiger partial charge in [-0.1, -0.05) is 12.8 Å². The number of fused-ring (bicyclic) bond motifs is 1. The van der Waals surface area contributed by atoms with Gasteiger partial charge in [-0.05, 0) is 12.8 Å². The molecule has 23 heavy (non-hydrogen) atoms. The predicted molar refractivity (Wildman–Crippen MR) is 88.7 cm³/mol. The molecule has 1 aromatic rings. The molecule has 0 fully saturated rings. The summed E-state index contributed by atoms with van der Waals surface area (Å²) >= 11 is 0. The maximum atomic E-state index is 12.1. The van der Waals surface area contributed by atoms with Crippen LogP contribution in [-0.4, -0.2) is 42.3 Å². The summed E-state index contributed by atoms with van der Waals surface area (Å²) in [5, 5.41) is 13.2. The molecule has 0 unspecified atom stereocenters. The molecule has 0 bridgehead atoms. The lowest BCUT2D eigenvalue weighted by Crippen LogP contribution is -2.29. The number of carbonyl (C=O) groups excluding carboxylic acids is 2. The van der Waals surface area contributed by atoms with Gasteiger partial charge in [0.1, 0.15) is 0 Å². The SMILES string of the molecule is COC(=O)CCCCCCNC(=O)c1n[nH]c2c1CNCC2.Cl. The molecular formula is C15H25ClN4O3. The molecule has 1 aromatic heterocycles. The van der Waals surface area contributed by atoms with E-state index in [2.05, 4.69) is 25.6 Å². The van der Waals surface area contributed by atoms with Crippen LogP contribution in [0.3, 0.4) is 0 Å². The fourth-order valence-electron chi connectivity index (χ4n) is 2.55. The zero-order valence-electron chi connectivity index (χ0n) is 13.4. The summed E-state index contributed by atoms with van der Waals surface area (Å²) in [7, 11) is 1.40. The maximum absolute atomic E-state index is 12.1. The molecule has 2 heterocycles. The zero-order valence-corrected chi connectivity index (χ0v) is 14.3. The Morgan fingerprint density at radius 1 is 1.26 bits per heavy atom. The largest absolute Gasteiger partial charge is 0.469 e. The number of ether oxygens (including phenoxy) is 1. The number of halogens is 1. The van der Waals surface area contributed by atoms with E-state index >= 15 is 0 Å². The molecule has 1 aliphatic rings. The second-order valence-corrected chi connectivity index (χ2v) is 5.45. The molecule has 3 N–H and O–H groups in total. The van der Waals surface area contributed by atoms with E-state index in [9.17, 15) is 9.59 Å². The Hall–Kier alpha value is -1.60. The van der Waals surface area contributed by atoms with E-state index in [0.717, 1.165) is 49.9 Å². The number of methoxy groups -OCH3 is 1. The fraction of sp³-hybridized carbons (Fsp3) is 0.667. The first kappa shape index (κ1) is 19.4. The minimum absolute atomic E-state index is 0. The van der Waals surface area contributed by atoms with Gasteiger partial charge in [0.25, 0.3) is 5.91 Å². The second kappa shape index (κ2) is 10.2. The highest BCUT2D eigenvalue weighted by molar-refractivity contribution is 5.94. The number of hydrogen-bond acceptors (Lipinski definition) is 5. The van der Waals surface area contributed by atoms with Crippen LogP contribution in [-0.2, 0) is 22.5 Å². The van der Waals surface area contributed by atoms with Crippen LogP contribution in [0.25, 0.3) is 0 Å². The highest BCUT2D eigenvalue weighted by Crippen LogP contribution is 2.15. The maximum Gasteiger partial charge on any atom is 0.305 e. The monoisotopic (exact) mass is 344 g/mol. The Morgan fingerprint density at radius 2 is 2.04 bits per heavy atom. The van der Waals surface area contributed by atoms with E-state index in [4.69, 9.17) is 0 Å².